The number of halogens is 1. The summed E-state index contributed by atoms with van der Waals surface area (Å²) in [5.41, 5.74) is -0.160. The maximum Gasteiger partial charge on any atom is 0.434 e. The summed E-state index contributed by atoms with van der Waals surface area (Å²) in [7, 11) is 1.29. The van der Waals surface area contributed by atoms with E-state index in [4.69, 9.17) is 30.7 Å². The van der Waals surface area contributed by atoms with Gasteiger partial charge in [-0.15, -0.1) is 0 Å². The first kappa shape index (κ1) is 16.1. The number of methoxy groups -OCH3 is 1. The summed E-state index contributed by atoms with van der Waals surface area (Å²) in [5, 5.41) is 0. The molecule has 0 aromatic heterocycles. The Kier molecular flexibility index (Phi) is 3.76. The molecular weight excluding hydrogens is 330 g/mol. The van der Waals surface area contributed by atoms with Crippen molar-refractivity contribution in [1.29, 1.82) is 0 Å². The highest BCUT2D eigenvalue weighted by Gasteiger charge is 2.71. The van der Waals surface area contributed by atoms with Crippen molar-refractivity contribution in [3.63, 3.8) is 0 Å². The first-order chi connectivity index (χ1) is 10.8. The highest BCUT2D eigenvalue weighted by molar-refractivity contribution is 6.28. The lowest BCUT2D eigenvalue weighted by molar-refractivity contribution is -0.152. The van der Waals surface area contributed by atoms with Crippen molar-refractivity contribution in [3.8, 4) is 0 Å². The van der Waals surface area contributed by atoms with E-state index in [0.29, 0.717) is 16.4 Å². The van der Waals surface area contributed by atoms with Crippen LogP contribution in [0.25, 0.3) is 0 Å². The topological polar surface area (TPSA) is 94.7 Å². The van der Waals surface area contributed by atoms with Gasteiger partial charge in [0.1, 0.15) is 5.60 Å². The van der Waals surface area contributed by atoms with Crippen molar-refractivity contribution in [2.24, 2.45) is 11.8 Å². The molecule has 2 amide bonds. The zero-order valence-electron chi connectivity index (χ0n) is 12.8. The van der Waals surface area contributed by atoms with Gasteiger partial charge in [-0.25, -0.2) is 9.59 Å². The van der Waals surface area contributed by atoms with Crippen LogP contribution in [0.4, 0.5) is 4.79 Å². The summed E-state index contributed by atoms with van der Waals surface area (Å²) in [6, 6.07) is 0. The quantitative estimate of drug-likeness (QED) is 0.423. The summed E-state index contributed by atoms with van der Waals surface area (Å²) in [6.07, 6.45) is -0.222. The molecular formula is C14H16ClNO7. The number of imide groups is 1. The first-order valence-electron chi connectivity index (χ1n) is 7.08. The lowest BCUT2D eigenvalue weighted by atomic mass is 9.82. The van der Waals surface area contributed by atoms with Crippen LogP contribution >= 0.6 is 11.8 Å². The average Bonchev–Trinajstić information content (AvgIpc) is 3.07. The van der Waals surface area contributed by atoms with Gasteiger partial charge in [-0.05, 0) is 13.3 Å². The molecule has 0 unspecified atom stereocenters. The van der Waals surface area contributed by atoms with Gasteiger partial charge in [0.15, 0.2) is 0 Å². The third-order valence-corrected chi connectivity index (χ3v) is 5.01. The molecule has 0 spiro atoms. The van der Waals surface area contributed by atoms with E-state index in [0.717, 1.165) is 6.92 Å². The highest BCUT2D eigenvalue weighted by atomic mass is 35.5. The van der Waals surface area contributed by atoms with Crippen LogP contribution in [-0.2, 0) is 28.5 Å². The molecule has 3 aliphatic rings. The largest absolute Gasteiger partial charge is 0.466 e. The SMILES string of the molecule is COC(=O)C1=CO[C@H](OC(=O)N(Cl)C(C)=O)[C@@H]2[C@@H]1C[C@@H]1O[C@]21C. The van der Waals surface area contributed by atoms with E-state index in [1.165, 1.54) is 13.4 Å². The standard InChI is InChI=1S/C14H16ClNO7/c1-6(17)16(15)13(19)22-12-10-7(4-9-14(10,2)23-9)8(5-21-12)11(18)20-3/h5,7,9-10,12H,4H2,1-3H3/t7-,9+,10+,12-,14+/m1/s1. The monoisotopic (exact) mass is 345 g/mol. The van der Waals surface area contributed by atoms with Crippen molar-refractivity contribution < 1.29 is 33.3 Å². The van der Waals surface area contributed by atoms with Crippen molar-refractivity contribution in [1.82, 2.24) is 4.42 Å². The maximum atomic E-state index is 11.9. The van der Waals surface area contributed by atoms with Crippen LogP contribution in [0.5, 0.6) is 0 Å². The third-order valence-electron chi connectivity index (χ3n) is 4.64. The molecule has 0 bridgehead atoms. The fraction of sp³-hybridized carbons (Fsp3) is 0.643. The molecule has 1 saturated heterocycles. The molecule has 126 valence electrons. The molecule has 1 aliphatic carbocycles. The van der Waals surface area contributed by atoms with Gasteiger partial charge in [0.05, 0.1) is 31.0 Å². The minimum atomic E-state index is -1.04. The number of rotatable bonds is 2. The van der Waals surface area contributed by atoms with E-state index in [9.17, 15) is 14.4 Å². The van der Waals surface area contributed by atoms with Gasteiger partial charge in [0.2, 0.25) is 5.91 Å². The molecule has 8 nitrogen and oxygen atoms in total. The molecule has 5 atom stereocenters. The number of hydrogen-bond donors (Lipinski definition) is 0. The molecule has 0 aromatic carbocycles. The van der Waals surface area contributed by atoms with Crippen LogP contribution in [0, 0.1) is 11.8 Å². The van der Waals surface area contributed by atoms with Crippen LogP contribution < -0.4 is 0 Å². The Morgan fingerprint density at radius 3 is 2.74 bits per heavy atom. The third kappa shape index (κ3) is 2.46. The molecule has 0 N–H and O–H groups in total. The van der Waals surface area contributed by atoms with Crippen molar-refractivity contribution in [2.45, 2.75) is 38.3 Å². The molecule has 3 rings (SSSR count). The number of carbonyl (C=O) groups excluding carboxylic acids is 3. The second-order valence-electron chi connectivity index (χ2n) is 5.91. The molecule has 2 heterocycles. The van der Waals surface area contributed by atoms with Crippen molar-refractivity contribution >= 4 is 29.7 Å². The van der Waals surface area contributed by atoms with E-state index >= 15 is 0 Å². The Bertz CT molecular complexity index is 606. The zero-order valence-corrected chi connectivity index (χ0v) is 13.5. The molecule has 0 radical (unpaired) electrons. The molecule has 0 aromatic rings. The average molecular weight is 346 g/mol. The second-order valence-corrected chi connectivity index (χ2v) is 6.25. The molecule has 2 fully saturated rings. The lowest BCUT2D eigenvalue weighted by Gasteiger charge is -2.35. The number of esters is 1. The fourth-order valence-electron chi connectivity index (χ4n) is 3.41. The van der Waals surface area contributed by atoms with E-state index in [-0.39, 0.29) is 17.9 Å². The summed E-state index contributed by atoms with van der Waals surface area (Å²) < 4.78 is 21.3. The van der Waals surface area contributed by atoms with E-state index in [1.807, 2.05) is 6.92 Å². The van der Waals surface area contributed by atoms with Gasteiger partial charge < -0.3 is 18.9 Å². The smallest absolute Gasteiger partial charge is 0.434 e. The van der Waals surface area contributed by atoms with Crippen LogP contribution in [0.2, 0.25) is 0 Å². The van der Waals surface area contributed by atoms with Crippen LogP contribution in [0.3, 0.4) is 0 Å². The Balaban J connectivity index is 1.82. The maximum absolute atomic E-state index is 11.9. The van der Waals surface area contributed by atoms with Gasteiger partial charge in [-0.1, -0.05) is 0 Å². The van der Waals surface area contributed by atoms with Crippen molar-refractivity contribution in [2.75, 3.05) is 7.11 Å². The van der Waals surface area contributed by atoms with Crippen LogP contribution in [0.1, 0.15) is 20.3 Å². The van der Waals surface area contributed by atoms with Gasteiger partial charge in [-0.3, -0.25) is 4.79 Å². The predicted molar refractivity (Wildman–Crippen MR) is 74.7 cm³/mol. The van der Waals surface area contributed by atoms with Gasteiger partial charge in [0, 0.05) is 24.6 Å². The summed E-state index contributed by atoms with van der Waals surface area (Å²) >= 11 is 5.54. The zero-order chi connectivity index (χ0) is 16.9. The minimum absolute atomic E-state index is 0.0339. The highest BCUT2D eigenvalue weighted by Crippen LogP contribution is 2.61. The Morgan fingerprint density at radius 1 is 1.43 bits per heavy atom. The lowest BCUT2D eigenvalue weighted by Crippen LogP contribution is -2.44. The van der Waals surface area contributed by atoms with Gasteiger partial charge in [0.25, 0.3) is 6.29 Å². The molecule has 23 heavy (non-hydrogen) atoms. The Morgan fingerprint density at radius 2 is 2.13 bits per heavy atom. The number of hydrogen-bond acceptors (Lipinski definition) is 7. The first-order valence-corrected chi connectivity index (χ1v) is 7.42. The molecule has 9 heteroatoms. The number of carbonyl (C=O) groups is 3. The second kappa shape index (κ2) is 5.38. The predicted octanol–water partition coefficient (Wildman–Crippen LogP) is 1.33. The normalized spacial score (nSPS) is 36.8. The number of epoxide rings is 1. The van der Waals surface area contributed by atoms with Gasteiger partial charge in [-0.2, -0.15) is 4.42 Å². The fourth-order valence-corrected chi connectivity index (χ4v) is 3.45. The Hall–Kier alpha value is -1.80. The van der Waals surface area contributed by atoms with Crippen molar-refractivity contribution in [3.05, 3.63) is 11.8 Å². The number of fused-ring (bicyclic) bond motifs is 3. The number of nitrogens with zero attached hydrogens (tertiary/aromatic N) is 1. The summed E-state index contributed by atoms with van der Waals surface area (Å²) in [5.74, 6) is -1.75. The van der Waals surface area contributed by atoms with E-state index in [1.54, 1.807) is 0 Å². The van der Waals surface area contributed by atoms with Gasteiger partial charge >= 0.3 is 12.1 Å². The molecule has 1 saturated carbocycles. The van der Waals surface area contributed by atoms with Crippen LogP contribution in [0.15, 0.2) is 11.8 Å². The van der Waals surface area contributed by atoms with E-state index in [2.05, 4.69) is 0 Å². The minimum Gasteiger partial charge on any atom is -0.466 e. The Labute approximate surface area is 137 Å². The number of ether oxygens (including phenoxy) is 4. The summed E-state index contributed by atoms with van der Waals surface area (Å²) in [6.45, 7) is 3.00. The number of amides is 2. The summed E-state index contributed by atoms with van der Waals surface area (Å²) in [4.78, 5) is 34.8. The van der Waals surface area contributed by atoms with E-state index < -0.39 is 29.9 Å². The van der Waals surface area contributed by atoms with Crippen LogP contribution in [-0.4, -0.2) is 47.5 Å². The molecule has 2 aliphatic heterocycles.